The van der Waals surface area contributed by atoms with Crippen molar-refractivity contribution in [3.63, 3.8) is 0 Å². The van der Waals surface area contributed by atoms with Crippen LogP contribution in [0.5, 0.6) is 23.0 Å². The van der Waals surface area contributed by atoms with Crippen molar-refractivity contribution in [3.8, 4) is 23.0 Å². The van der Waals surface area contributed by atoms with Gasteiger partial charge in [0, 0.05) is 37.7 Å². The Hall–Kier alpha value is -4.25. The number of hydrogen-bond acceptors (Lipinski definition) is 9. The molecule has 44 heavy (non-hydrogen) atoms. The van der Waals surface area contributed by atoms with Gasteiger partial charge in [0.1, 0.15) is 24.6 Å². The first kappa shape index (κ1) is 32.7. The van der Waals surface area contributed by atoms with Crippen molar-refractivity contribution in [3.05, 3.63) is 89.7 Å². The van der Waals surface area contributed by atoms with Crippen LogP contribution in [0, 0.1) is 18.4 Å². The summed E-state index contributed by atoms with van der Waals surface area (Å²) in [6.45, 7) is 3.80. The van der Waals surface area contributed by atoms with Gasteiger partial charge in [0.2, 0.25) is 0 Å². The first-order valence-electron chi connectivity index (χ1n) is 14.8. The fourth-order valence-corrected chi connectivity index (χ4v) is 5.33. The molecule has 4 unspecified atom stereocenters. The van der Waals surface area contributed by atoms with Crippen molar-refractivity contribution in [1.82, 2.24) is 10.3 Å². The van der Waals surface area contributed by atoms with Crippen molar-refractivity contribution >= 4 is 12.0 Å². The summed E-state index contributed by atoms with van der Waals surface area (Å²) in [4.78, 5) is 21.1. The number of aromatic amines is 1. The van der Waals surface area contributed by atoms with Crippen LogP contribution in [0.1, 0.15) is 36.5 Å². The van der Waals surface area contributed by atoms with E-state index in [1.807, 2.05) is 24.5 Å². The van der Waals surface area contributed by atoms with Crippen LogP contribution in [0.25, 0.3) is 0 Å². The molecule has 0 bridgehead atoms. The summed E-state index contributed by atoms with van der Waals surface area (Å²) >= 11 is 0. The Bertz CT molecular complexity index is 1420. The minimum absolute atomic E-state index is 0.0235. The number of carbonyl (C=O) groups is 1. The first-order valence-corrected chi connectivity index (χ1v) is 14.8. The Kier molecular flexibility index (Phi) is 11.9. The summed E-state index contributed by atoms with van der Waals surface area (Å²) in [5.74, 6) is -0.141. The van der Waals surface area contributed by atoms with Gasteiger partial charge in [-0.25, -0.2) is 0 Å². The highest BCUT2D eigenvalue weighted by Gasteiger charge is 2.30. The summed E-state index contributed by atoms with van der Waals surface area (Å²) in [6, 6.07) is 12.1. The second-order valence-corrected chi connectivity index (χ2v) is 11.3. The van der Waals surface area contributed by atoms with Gasteiger partial charge in [0.25, 0.3) is 0 Å². The van der Waals surface area contributed by atoms with Crippen molar-refractivity contribution in [2.45, 2.75) is 51.2 Å². The van der Waals surface area contributed by atoms with E-state index in [1.54, 1.807) is 56.1 Å². The molecule has 0 fully saturated rings. The highest BCUT2D eigenvalue weighted by atomic mass is 16.5. The van der Waals surface area contributed by atoms with E-state index < -0.39 is 18.1 Å². The molecule has 2 aromatic carbocycles. The van der Waals surface area contributed by atoms with Crippen LogP contribution >= 0.6 is 0 Å². The number of Topliss-reactive ketones (excluding diaryl/α,β-unsaturated/α-hetero) is 1. The van der Waals surface area contributed by atoms with E-state index >= 15 is 0 Å². The fraction of sp³-hybridized carbons (Fsp3) is 0.382. The number of carbonyl (C=O) groups excluding carboxylic acids is 1. The predicted octanol–water partition coefficient (Wildman–Crippen LogP) is 3.88. The van der Waals surface area contributed by atoms with Crippen molar-refractivity contribution in [2.24, 2.45) is 16.8 Å². The van der Waals surface area contributed by atoms with Crippen LogP contribution < -0.4 is 14.8 Å². The highest BCUT2D eigenvalue weighted by Crippen LogP contribution is 2.32. The maximum absolute atomic E-state index is 13.9. The zero-order valence-electron chi connectivity index (χ0n) is 25.1. The molecule has 234 valence electrons. The zero-order valence-corrected chi connectivity index (χ0v) is 25.1. The Morgan fingerprint density at radius 2 is 1.68 bits per heavy atom. The molecule has 3 aromatic rings. The number of aromatic hydroxyl groups is 2. The molecule has 1 aromatic heterocycles. The minimum atomic E-state index is -0.920. The third-order valence-electron chi connectivity index (χ3n) is 7.69. The largest absolute Gasteiger partial charge is 0.504 e. The molecule has 1 aliphatic rings. The van der Waals surface area contributed by atoms with Crippen LogP contribution in [0.4, 0.5) is 0 Å². The number of ketones is 1. The van der Waals surface area contributed by atoms with E-state index in [9.17, 15) is 25.2 Å². The maximum Gasteiger partial charge on any atom is 0.176 e. The molecule has 10 nitrogen and oxygen atoms in total. The molecule has 4 rings (SSSR count). The van der Waals surface area contributed by atoms with E-state index in [-0.39, 0.29) is 42.1 Å². The van der Waals surface area contributed by atoms with Crippen LogP contribution in [-0.4, -0.2) is 70.0 Å². The summed E-state index contributed by atoms with van der Waals surface area (Å²) in [5.41, 5.74) is 3.63. The molecular formula is C34H42N3O7+. The third-order valence-corrected chi connectivity index (χ3v) is 7.69. The average molecular weight is 605 g/mol. The second-order valence-electron chi connectivity index (χ2n) is 11.3. The standard InChI is InChI=1S/C34H41N3O7/c1-22(38)18-37-21-44-34-16-24(4-6-30(34)40)12-28(14-26-8-10-36-20-26)32(42)17-31(41)27(13-25-7-9-35-19-25)11-23-3-5-29(39)33(15-23)43-2/h3-10,15-16,19-20,22,27-28,31,35,37-38,41H,11-14,17-18,21H2,1-2H3,(H-,39,40)/p+1. The predicted molar refractivity (Wildman–Crippen MR) is 168 cm³/mol. The Balaban J connectivity index is 1.50. The topological polar surface area (TPSA) is 157 Å². The highest BCUT2D eigenvalue weighted by molar-refractivity contribution is 5.86. The molecule has 6 N–H and O–H groups in total. The van der Waals surface area contributed by atoms with E-state index in [0.717, 1.165) is 22.3 Å². The maximum atomic E-state index is 13.9. The number of aliphatic imine (C=N–C) groups is 1. The summed E-state index contributed by atoms with van der Waals surface area (Å²) in [6.07, 6.45) is 7.72. The number of aliphatic hydroxyl groups excluding tert-OH is 2. The number of aliphatic hydroxyl groups is 2. The number of benzene rings is 2. The van der Waals surface area contributed by atoms with Gasteiger partial charge < -0.3 is 34.9 Å². The molecule has 0 spiro atoms. The molecule has 2 heterocycles. The Morgan fingerprint density at radius 3 is 2.34 bits per heavy atom. The third kappa shape index (κ3) is 9.63. The summed E-state index contributed by atoms with van der Waals surface area (Å²) in [7, 11) is 1.49. The lowest BCUT2D eigenvalue weighted by molar-refractivity contribution is -0.125. The van der Waals surface area contributed by atoms with Crippen LogP contribution in [0.15, 0.2) is 71.5 Å². The lowest BCUT2D eigenvalue weighted by Crippen LogP contribution is -2.30. The second kappa shape index (κ2) is 16.0. The summed E-state index contributed by atoms with van der Waals surface area (Å²) in [5, 5.41) is 44.2. The smallest absolute Gasteiger partial charge is 0.176 e. The molecule has 0 amide bonds. The van der Waals surface area contributed by atoms with E-state index in [2.05, 4.69) is 15.3 Å². The average Bonchev–Trinajstić information content (AvgIpc) is 3.71. The number of phenolic OH excluding ortho intramolecular Hbond substituents is 2. The van der Waals surface area contributed by atoms with Crippen LogP contribution in [0.2, 0.25) is 0 Å². The number of phenols is 2. The first-order chi connectivity index (χ1) is 21.2. The van der Waals surface area contributed by atoms with Gasteiger partial charge in [-0.1, -0.05) is 12.1 Å². The van der Waals surface area contributed by atoms with Gasteiger partial charge in [-0.2, -0.15) is 0 Å². The number of rotatable bonds is 18. The van der Waals surface area contributed by atoms with Crippen LogP contribution in [-0.2, 0) is 24.1 Å². The van der Waals surface area contributed by atoms with Gasteiger partial charge >= 0.3 is 0 Å². The molecular weight excluding hydrogens is 562 g/mol. The molecule has 0 aliphatic carbocycles. The Morgan fingerprint density at radius 1 is 0.977 bits per heavy atom. The van der Waals surface area contributed by atoms with E-state index in [0.29, 0.717) is 38.0 Å². The monoisotopic (exact) mass is 604 g/mol. The zero-order chi connectivity index (χ0) is 31.5. The fourth-order valence-electron chi connectivity index (χ4n) is 5.33. The van der Waals surface area contributed by atoms with Gasteiger partial charge in [0.05, 0.1) is 25.4 Å². The number of allylic oxidation sites excluding steroid dienone is 1. The molecule has 10 heteroatoms. The minimum Gasteiger partial charge on any atom is -0.504 e. The van der Waals surface area contributed by atoms with E-state index in [4.69, 9.17) is 9.47 Å². The van der Waals surface area contributed by atoms with Crippen molar-refractivity contribution in [1.29, 1.82) is 0 Å². The number of hydrogen-bond donors (Lipinski definition) is 6. The van der Waals surface area contributed by atoms with Crippen LogP contribution in [0.3, 0.4) is 0 Å². The number of nitrogens with one attached hydrogen (secondary N) is 2. The number of H-pyrrole nitrogens is 1. The van der Waals surface area contributed by atoms with Gasteiger partial charge in [0.15, 0.2) is 29.2 Å². The van der Waals surface area contributed by atoms with E-state index in [1.165, 1.54) is 7.11 Å². The number of aromatic nitrogens is 1. The van der Waals surface area contributed by atoms with Crippen molar-refractivity contribution in [2.75, 3.05) is 20.4 Å². The Labute approximate surface area is 258 Å². The van der Waals surface area contributed by atoms with Crippen molar-refractivity contribution < 1.29 is 34.7 Å². The van der Waals surface area contributed by atoms with Gasteiger partial charge in [-0.3, -0.25) is 10.1 Å². The number of ether oxygens (including phenoxy) is 2. The lowest BCUT2D eigenvalue weighted by atomic mass is 9.82. The normalized spacial score (nSPS) is 15.2. The number of nitrogens with zero attached hydrogens (tertiary/aromatic N) is 1. The van der Waals surface area contributed by atoms with Gasteiger partial charge in [-0.15, -0.1) is 4.99 Å². The molecule has 1 aliphatic heterocycles. The molecule has 0 radical (unpaired) electrons. The van der Waals surface area contributed by atoms with Gasteiger partial charge in [-0.05, 0) is 79.1 Å². The quantitative estimate of drug-likeness (QED) is 0.0726. The molecule has 4 atom stereocenters. The summed E-state index contributed by atoms with van der Waals surface area (Å²) < 4.78 is 10.9. The molecule has 0 saturated heterocycles. The molecule has 0 saturated carbocycles. The SMILES string of the molecule is COc1cc(CC(Cc2cc[nH]c2)C(O)CC(=O)C(CC2=C[CH+]N=C2)Cc2ccc(O)c(OCNCC(C)O)c2)ccc1O. The lowest BCUT2D eigenvalue weighted by Gasteiger charge is -2.24. The number of methoxy groups -OCH3 is 1.